The molecule has 0 aromatic heterocycles. The van der Waals surface area contributed by atoms with Gasteiger partial charge in [-0.1, -0.05) is 31.8 Å². The van der Waals surface area contributed by atoms with Crippen LogP contribution in [-0.2, 0) is 0 Å². The van der Waals surface area contributed by atoms with E-state index in [-0.39, 0.29) is 5.50 Å². The topological polar surface area (TPSA) is 3.24 Å². The molecule has 1 aliphatic rings. The lowest BCUT2D eigenvalue weighted by atomic mass is 10.1. The van der Waals surface area contributed by atoms with Crippen LogP contribution >= 0.6 is 11.6 Å². The van der Waals surface area contributed by atoms with E-state index in [1.807, 2.05) is 6.08 Å². The minimum Gasteiger partial charge on any atom is -0.284 e. The fourth-order valence-corrected chi connectivity index (χ4v) is 2.04. The van der Waals surface area contributed by atoms with E-state index in [1.165, 1.54) is 38.5 Å². The lowest BCUT2D eigenvalue weighted by molar-refractivity contribution is 0.274. The van der Waals surface area contributed by atoms with Crippen LogP contribution in [0.3, 0.4) is 0 Å². The predicted octanol–water partition coefficient (Wildman–Crippen LogP) is 3.39. The molecule has 0 aromatic carbocycles. The predicted molar refractivity (Wildman–Crippen MR) is 59.1 cm³/mol. The van der Waals surface area contributed by atoms with E-state index in [0.29, 0.717) is 0 Å². The van der Waals surface area contributed by atoms with E-state index in [0.717, 1.165) is 13.1 Å². The smallest absolute Gasteiger partial charge is 0.103 e. The van der Waals surface area contributed by atoms with Crippen LogP contribution in [0.25, 0.3) is 0 Å². The van der Waals surface area contributed by atoms with Crippen molar-refractivity contribution < 1.29 is 0 Å². The molecule has 0 aliphatic carbocycles. The van der Waals surface area contributed by atoms with E-state index in [9.17, 15) is 0 Å². The van der Waals surface area contributed by atoms with E-state index in [2.05, 4.69) is 11.5 Å². The van der Waals surface area contributed by atoms with Crippen molar-refractivity contribution in [1.29, 1.82) is 0 Å². The van der Waals surface area contributed by atoms with Gasteiger partial charge in [-0.05, 0) is 25.9 Å². The maximum absolute atomic E-state index is 6.13. The molecule has 0 amide bonds. The first-order valence-electron chi connectivity index (χ1n) is 5.35. The first kappa shape index (κ1) is 11.1. The van der Waals surface area contributed by atoms with Gasteiger partial charge in [0.15, 0.2) is 0 Å². The Morgan fingerprint density at radius 2 is 1.46 bits per heavy atom. The molecule has 0 spiro atoms. The molecule has 1 fully saturated rings. The number of halogens is 1. The summed E-state index contributed by atoms with van der Waals surface area (Å²) in [6.45, 7) is 6.02. The lowest BCUT2D eigenvalue weighted by Crippen LogP contribution is -2.31. The Balaban J connectivity index is 2.36. The van der Waals surface area contributed by atoms with Gasteiger partial charge in [-0.15, -0.1) is 18.2 Å². The van der Waals surface area contributed by atoms with Gasteiger partial charge in [0.2, 0.25) is 0 Å². The average molecular weight is 202 g/mol. The summed E-state index contributed by atoms with van der Waals surface area (Å²) in [6.07, 6.45) is 9.92. The summed E-state index contributed by atoms with van der Waals surface area (Å²) >= 11 is 6.13. The van der Waals surface area contributed by atoms with E-state index >= 15 is 0 Å². The van der Waals surface area contributed by atoms with Gasteiger partial charge in [0, 0.05) is 0 Å². The number of rotatable bonds is 2. The maximum atomic E-state index is 6.13. The monoisotopic (exact) mass is 201 g/mol. The van der Waals surface area contributed by atoms with Crippen molar-refractivity contribution in [2.75, 3.05) is 13.1 Å². The average Bonchev–Trinajstić information content (AvgIpc) is 2.29. The van der Waals surface area contributed by atoms with Crippen molar-refractivity contribution in [1.82, 2.24) is 4.90 Å². The highest BCUT2D eigenvalue weighted by atomic mass is 35.5. The molecule has 1 unspecified atom stereocenters. The van der Waals surface area contributed by atoms with Crippen molar-refractivity contribution in [2.24, 2.45) is 0 Å². The first-order valence-corrected chi connectivity index (χ1v) is 5.79. The summed E-state index contributed by atoms with van der Waals surface area (Å²) in [5.74, 6) is 0. The van der Waals surface area contributed by atoms with Gasteiger partial charge in [0.05, 0.1) is 0 Å². The second-order valence-electron chi connectivity index (χ2n) is 3.77. The molecule has 1 atom stereocenters. The van der Waals surface area contributed by atoms with Crippen LogP contribution < -0.4 is 0 Å². The molecule has 0 bridgehead atoms. The highest BCUT2D eigenvalue weighted by Crippen LogP contribution is 2.15. The summed E-state index contributed by atoms with van der Waals surface area (Å²) in [5.41, 5.74) is 0.0399. The Hall–Kier alpha value is -0.0100. The Bertz CT molecular complexity index is 137. The number of hydrogen-bond donors (Lipinski definition) is 0. The van der Waals surface area contributed by atoms with Crippen LogP contribution in [0.1, 0.15) is 38.5 Å². The molecule has 1 nitrogen and oxygen atoms in total. The zero-order chi connectivity index (χ0) is 9.52. The summed E-state index contributed by atoms with van der Waals surface area (Å²) in [5, 5.41) is 0. The standard InChI is InChI=1S/C11H20ClN/c1-2-11(12)13-9-7-5-3-4-6-8-10-13/h2,11H,1,3-10H2. The minimum atomic E-state index is 0.0399. The third-order valence-corrected chi connectivity index (χ3v) is 3.14. The molecule has 1 rings (SSSR count). The fraction of sp³-hybridized carbons (Fsp3) is 0.818. The minimum absolute atomic E-state index is 0.0399. The molecule has 0 saturated carbocycles. The van der Waals surface area contributed by atoms with Crippen molar-refractivity contribution in [3.8, 4) is 0 Å². The number of hydrogen-bond acceptors (Lipinski definition) is 1. The fourth-order valence-electron chi connectivity index (χ4n) is 1.84. The second kappa shape index (κ2) is 6.44. The SMILES string of the molecule is C=CC(Cl)N1CCCCCCCC1. The Morgan fingerprint density at radius 1 is 1.00 bits per heavy atom. The normalized spacial score (nSPS) is 24.1. The molecule has 1 heterocycles. The molecule has 1 aliphatic heterocycles. The van der Waals surface area contributed by atoms with E-state index in [4.69, 9.17) is 11.6 Å². The molecule has 2 heteroatoms. The third kappa shape index (κ3) is 4.15. The van der Waals surface area contributed by atoms with Crippen LogP contribution in [0.2, 0.25) is 0 Å². The van der Waals surface area contributed by atoms with E-state index in [1.54, 1.807) is 0 Å². The maximum Gasteiger partial charge on any atom is 0.103 e. The zero-order valence-corrected chi connectivity index (χ0v) is 9.10. The van der Waals surface area contributed by atoms with Crippen LogP contribution in [-0.4, -0.2) is 23.5 Å². The first-order chi connectivity index (χ1) is 6.34. The van der Waals surface area contributed by atoms with Gasteiger partial charge in [-0.2, -0.15) is 0 Å². The molecular formula is C11H20ClN. The largest absolute Gasteiger partial charge is 0.284 e. The third-order valence-electron chi connectivity index (χ3n) is 2.68. The Kier molecular flexibility index (Phi) is 5.49. The molecular weight excluding hydrogens is 182 g/mol. The van der Waals surface area contributed by atoms with Crippen molar-refractivity contribution in [3.63, 3.8) is 0 Å². The van der Waals surface area contributed by atoms with Crippen LogP contribution in [0, 0.1) is 0 Å². The molecule has 1 saturated heterocycles. The van der Waals surface area contributed by atoms with E-state index < -0.39 is 0 Å². The highest BCUT2D eigenvalue weighted by molar-refractivity contribution is 6.21. The molecule has 0 aromatic rings. The Labute approximate surface area is 86.8 Å². The number of alkyl halides is 1. The van der Waals surface area contributed by atoms with Gasteiger partial charge in [0.25, 0.3) is 0 Å². The van der Waals surface area contributed by atoms with Gasteiger partial charge < -0.3 is 0 Å². The summed E-state index contributed by atoms with van der Waals surface area (Å²) in [7, 11) is 0. The van der Waals surface area contributed by atoms with Gasteiger partial charge in [-0.3, -0.25) is 4.90 Å². The molecule has 0 radical (unpaired) electrons. The van der Waals surface area contributed by atoms with Crippen LogP contribution in [0.15, 0.2) is 12.7 Å². The van der Waals surface area contributed by atoms with Crippen LogP contribution in [0.5, 0.6) is 0 Å². The summed E-state index contributed by atoms with van der Waals surface area (Å²) < 4.78 is 0. The Morgan fingerprint density at radius 3 is 1.92 bits per heavy atom. The molecule has 13 heavy (non-hydrogen) atoms. The number of nitrogens with zero attached hydrogens (tertiary/aromatic N) is 1. The van der Waals surface area contributed by atoms with Crippen molar-refractivity contribution in [2.45, 2.75) is 44.0 Å². The quantitative estimate of drug-likeness (QED) is 0.376. The highest BCUT2D eigenvalue weighted by Gasteiger charge is 2.12. The lowest BCUT2D eigenvalue weighted by Gasteiger charge is -2.24. The van der Waals surface area contributed by atoms with Crippen molar-refractivity contribution >= 4 is 11.6 Å². The second-order valence-corrected chi connectivity index (χ2v) is 4.21. The zero-order valence-electron chi connectivity index (χ0n) is 8.34. The summed E-state index contributed by atoms with van der Waals surface area (Å²) in [6, 6.07) is 0. The van der Waals surface area contributed by atoms with Gasteiger partial charge in [-0.25, -0.2) is 0 Å². The van der Waals surface area contributed by atoms with Crippen LogP contribution in [0.4, 0.5) is 0 Å². The van der Waals surface area contributed by atoms with Gasteiger partial charge in [0.1, 0.15) is 5.50 Å². The summed E-state index contributed by atoms with van der Waals surface area (Å²) in [4.78, 5) is 2.33. The van der Waals surface area contributed by atoms with Crippen molar-refractivity contribution in [3.05, 3.63) is 12.7 Å². The molecule has 0 N–H and O–H groups in total. The molecule has 76 valence electrons. The van der Waals surface area contributed by atoms with Gasteiger partial charge >= 0.3 is 0 Å².